The minimum absolute atomic E-state index is 0.373. The Labute approximate surface area is 107 Å². The summed E-state index contributed by atoms with van der Waals surface area (Å²) in [6.07, 6.45) is 2.49. The Morgan fingerprint density at radius 1 is 1.28 bits per heavy atom. The summed E-state index contributed by atoms with van der Waals surface area (Å²) in [4.78, 5) is 4.04. The topological polar surface area (TPSA) is 64.4 Å². The Bertz CT molecular complexity index is 402. The predicted molar refractivity (Wildman–Crippen MR) is 66.5 cm³/mol. The van der Waals surface area contributed by atoms with Crippen LogP contribution < -0.4 is 4.74 Å². The van der Waals surface area contributed by atoms with E-state index in [0.717, 1.165) is 12.0 Å². The minimum Gasteiger partial charge on any atom is -0.474 e. The summed E-state index contributed by atoms with van der Waals surface area (Å²) >= 11 is 0. The number of aryl methyl sites for hydroxylation is 1. The van der Waals surface area contributed by atoms with Crippen LogP contribution in [-0.4, -0.2) is 38.5 Å². The van der Waals surface area contributed by atoms with Crippen LogP contribution in [0.5, 0.6) is 5.88 Å². The number of nitrogens with zero attached hydrogens (tertiary/aromatic N) is 2. The van der Waals surface area contributed by atoms with Crippen LogP contribution in [-0.2, 0) is 9.47 Å². The lowest BCUT2D eigenvalue weighted by atomic mass is 10.2. The molecule has 1 rings (SSSR count). The van der Waals surface area contributed by atoms with Crippen molar-refractivity contribution in [3.8, 4) is 11.9 Å². The van der Waals surface area contributed by atoms with Crippen molar-refractivity contribution < 1.29 is 14.2 Å². The van der Waals surface area contributed by atoms with Gasteiger partial charge in [0.25, 0.3) is 0 Å². The van der Waals surface area contributed by atoms with Gasteiger partial charge in [-0.05, 0) is 25.0 Å². The highest BCUT2D eigenvalue weighted by molar-refractivity contribution is 5.43. The zero-order valence-electron chi connectivity index (χ0n) is 10.8. The molecule has 98 valence electrons. The third-order valence-electron chi connectivity index (χ3n) is 2.34. The quantitative estimate of drug-likeness (QED) is 0.657. The van der Waals surface area contributed by atoms with Crippen molar-refractivity contribution in [2.75, 3.05) is 33.5 Å². The van der Waals surface area contributed by atoms with Gasteiger partial charge < -0.3 is 14.2 Å². The molecule has 0 saturated carbocycles. The van der Waals surface area contributed by atoms with E-state index >= 15 is 0 Å². The van der Waals surface area contributed by atoms with Crippen LogP contribution in [0, 0.1) is 18.3 Å². The zero-order valence-corrected chi connectivity index (χ0v) is 10.8. The van der Waals surface area contributed by atoms with Crippen molar-refractivity contribution >= 4 is 0 Å². The van der Waals surface area contributed by atoms with Gasteiger partial charge in [0.2, 0.25) is 5.88 Å². The molecule has 1 heterocycles. The number of hydrogen-bond donors (Lipinski definition) is 0. The molecular formula is C13H18N2O3. The molecule has 1 aromatic rings. The van der Waals surface area contributed by atoms with E-state index in [9.17, 15) is 0 Å². The van der Waals surface area contributed by atoms with Gasteiger partial charge in [-0.1, -0.05) is 0 Å². The molecule has 0 radical (unpaired) electrons. The van der Waals surface area contributed by atoms with E-state index < -0.39 is 0 Å². The van der Waals surface area contributed by atoms with Gasteiger partial charge in [0, 0.05) is 26.5 Å². The van der Waals surface area contributed by atoms with Gasteiger partial charge in [-0.3, -0.25) is 0 Å². The lowest BCUT2D eigenvalue weighted by Crippen LogP contribution is -2.10. The Morgan fingerprint density at radius 2 is 2.11 bits per heavy atom. The highest BCUT2D eigenvalue weighted by Crippen LogP contribution is 2.17. The van der Waals surface area contributed by atoms with Gasteiger partial charge in [-0.25, -0.2) is 4.98 Å². The second-order valence-corrected chi connectivity index (χ2v) is 3.73. The molecule has 0 spiro atoms. The summed E-state index contributed by atoms with van der Waals surface area (Å²) in [6, 6.07) is 3.87. The molecule has 0 aromatic carbocycles. The molecule has 18 heavy (non-hydrogen) atoms. The highest BCUT2D eigenvalue weighted by atomic mass is 16.5. The molecular weight excluding hydrogens is 232 g/mol. The summed E-state index contributed by atoms with van der Waals surface area (Å²) in [5.41, 5.74) is 1.35. The third-order valence-corrected chi connectivity index (χ3v) is 2.34. The molecule has 5 heteroatoms. The van der Waals surface area contributed by atoms with Gasteiger partial charge >= 0.3 is 0 Å². The molecule has 1 aromatic heterocycles. The standard InChI is InChI=1S/C13H18N2O3/c1-11-4-5-15-13(12(11)10-14)18-9-8-17-7-3-6-16-2/h4-5H,3,6-9H2,1-2H3. The Kier molecular flexibility index (Phi) is 6.77. The van der Waals surface area contributed by atoms with Gasteiger partial charge in [-0.2, -0.15) is 5.26 Å². The first-order valence-electron chi connectivity index (χ1n) is 5.84. The van der Waals surface area contributed by atoms with Crippen LogP contribution in [0.2, 0.25) is 0 Å². The lowest BCUT2D eigenvalue weighted by Gasteiger charge is -2.08. The summed E-state index contributed by atoms with van der Waals surface area (Å²) in [5, 5.41) is 8.98. The maximum atomic E-state index is 8.98. The number of rotatable bonds is 8. The van der Waals surface area contributed by atoms with Crippen LogP contribution in [0.1, 0.15) is 17.5 Å². The second-order valence-electron chi connectivity index (χ2n) is 3.73. The molecule has 5 nitrogen and oxygen atoms in total. The highest BCUT2D eigenvalue weighted by Gasteiger charge is 2.07. The molecule has 0 saturated heterocycles. The van der Waals surface area contributed by atoms with E-state index in [4.69, 9.17) is 19.5 Å². The van der Waals surface area contributed by atoms with E-state index in [1.165, 1.54) is 0 Å². The summed E-state index contributed by atoms with van der Waals surface area (Å²) in [5.74, 6) is 0.373. The van der Waals surface area contributed by atoms with Crippen LogP contribution in [0.25, 0.3) is 0 Å². The van der Waals surface area contributed by atoms with Gasteiger partial charge in [-0.15, -0.1) is 0 Å². The average Bonchev–Trinajstić information content (AvgIpc) is 2.38. The van der Waals surface area contributed by atoms with Crippen molar-refractivity contribution in [1.82, 2.24) is 4.98 Å². The maximum Gasteiger partial charge on any atom is 0.231 e. The molecule has 0 amide bonds. The van der Waals surface area contributed by atoms with Gasteiger partial charge in [0.1, 0.15) is 18.2 Å². The first kappa shape index (κ1) is 14.4. The summed E-state index contributed by atoms with van der Waals surface area (Å²) in [6.45, 7) is 4.05. The van der Waals surface area contributed by atoms with Crippen LogP contribution in [0.15, 0.2) is 12.3 Å². The fourth-order valence-electron chi connectivity index (χ4n) is 1.38. The van der Waals surface area contributed by atoms with Gasteiger partial charge in [0.15, 0.2) is 0 Å². The largest absolute Gasteiger partial charge is 0.474 e. The number of ether oxygens (including phenoxy) is 3. The van der Waals surface area contributed by atoms with Crippen molar-refractivity contribution in [1.29, 1.82) is 5.26 Å². The number of nitriles is 1. The predicted octanol–water partition coefficient (Wildman–Crippen LogP) is 1.69. The first-order chi connectivity index (χ1) is 8.79. The Morgan fingerprint density at radius 3 is 2.83 bits per heavy atom. The van der Waals surface area contributed by atoms with Crippen molar-refractivity contribution in [2.24, 2.45) is 0 Å². The van der Waals surface area contributed by atoms with E-state index in [1.807, 2.05) is 6.92 Å². The normalized spacial score (nSPS) is 10.1. The van der Waals surface area contributed by atoms with Crippen molar-refractivity contribution in [2.45, 2.75) is 13.3 Å². The SMILES string of the molecule is COCCCOCCOc1nccc(C)c1C#N. The molecule has 0 unspecified atom stereocenters. The van der Waals surface area contributed by atoms with E-state index in [1.54, 1.807) is 19.4 Å². The zero-order chi connectivity index (χ0) is 13.2. The van der Waals surface area contributed by atoms with E-state index in [0.29, 0.717) is 37.9 Å². The lowest BCUT2D eigenvalue weighted by molar-refractivity contribution is 0.0795. The monoisotopic (exact) mass is 250 g/mol. The van der Waals surface area contributed by atoms with Crippen LogP contribution in [0.4, 0.5) is 0 Å². The minimum atomic E-state index is 0.373. The first-order valence-corrected chi connectivity index (χ1v) is 5.84. The molecule has 0 N–H and O–H groups in total. The van der Waals surface area contributed by atoms with Gasteiger partial charge in [0.05, 0.1) is 6.61 Å². The van der Waals surface area contributed by atoms with Crippen LogP contribution in [0.3, 0.4) is 0 Å². The number of pyridine rings is 1. The number of aromatic nitrogens is 1. The molecule has 0 aliphatic carbocycles. The maximum absolute atomic E-state index is 8.98. The number of methoxy groups -OCH3 is 1. The van der Waals surface area contributed by atoms with Crippen molar-refractivity contribution in [3.05, 3.63) is 23.4 Å². The molecule has 0 fully saturated rings. The van der Waals surface area contributed by atoms with Crippen molar-refractivity contribution in [3.63, 3.8) is 0 Å². The fraction of sp³-hybridized carbons (Fsp3) is 0.538. The third kappa shape index (κ3) is 4.70. The summed E-state index contributed by atoms with van der Waals surface area (Å²) in [7, 11) is 1.66. The van der Waals surface area contributed by atoms with E-state index in [-0.39, 0.29) is 0 Å². The van der Waals surface area contributed by atoms with E-state index in [2.05, 4.69) is 11.1 Å². The smallest absolute Gasteiger partial charge is 0.231 e. The number of hydrogen-bond acceptors (Lipinski definition) is 5. The second kappa shape index (κ2) is 8.45. The molecule has 0 aliphatic heterocycles. The Balaban J connectivity index is 2.28. The Hall–Kier alpha value is -1.64. The fourth-order valence-corrected chi connectivity index (χ4v) is 1.38. The summed E-state index contributed by atoms with van der Waals surface area (Å²) < 4.78 is 15.7. The average molecular weight is 250 g/mol. The molecule has 0 atom stereocenters. The van der Waals surface area contributed by atoms with Crippen LogP contribution >= 0.6 is 0 Å². The molecule has 0 bridgehead atoms. The molecule has 0 aliphatic rings.